The highest BCUT2D eigenvalue weighted by atomic mass is 28.1. The lowest BCUT2D eigenvalue weighted by Gasteiger charge is -1.76. The van der Waals surface area contributed by atoms with E-state index in [2.05, 4.69) is 9.99 Å². The van der Waals surface area contributed by atoms with E-state index in [9.17, 15) is 0 Å². The summed E-state index contributed by atoms with van der Waals surface area (Å²) in [6.07, 6.45) is 1.08. The van der Waals surface area contributed by atoms with Crippen LogP contribution in [0.4, 0.5) is 0 Å². The molecule has 0 N–H and O–H groups in total. The molecule has 0 saturated carbocycles. The number of rotatable bonds is 0. The van der Waals surface area contributed by atoms with Gasteiger partial charge in [0.1, 0.15) is 6.61 Å². The molecule has 0 aromatic rings. The highest BCUT2D eigenvalue weighted by Crippen LogP contribution is 1.93. The number of nitrogens with zero attached hydrogens (tertiary/aromatic N) is 1. The predicted molar refractivity (Wildman–Crippen MR) is 27.9 cm³/mol. The van der Waals surface area contributed by atoms with Crippen molar-refractivity contribution in [2.24, 2.45) is 5.16 Å². The van der Waals surface area contributed by atoms with Crippen LogP contribution in [0.2, 0.25) is 0 Å². The SMILES string of the molecule is [SiH3]C1=NOCC1. The lowest BCUT2D eigenvalue weighted by Crippen LogP contribution is -1.89. The molecule has 0 saturated heterocycles. The molecule has 0 radical (unpaired) electrons. The highest BCUT2D eigenvalue weighted by Gasteiger charge is 1.97. The molecule has 1 rings (SSSR count). The Kier molecular flexibility index (Phi) is 0.917. The third-order valence-electron chi connectivity index (χ3n) is 0.776. The molecule has 0 spiro atoms. The van der Waals surface area contributed by atoms with Gasteiger partial charge in [0.25, 0.3) is 0 Å². The first-order valence-electron chi connectivity index (χ1n) is 2.05. The molecule has 0 atom stereocenters. The van der Waals surface area contributed by atoms with E-state index in [1.54, 1.807) is 0 Å². The first kappa shape index (κ1) is 3.86. The summed E-state index contributed by atoms with van der Waals surface area (Å²) in [7, 11) is 1.08. The second-order valence-corrected chi connectivity index (χ2v) is 2.56. The zero-order valence-electron chi connectivity index (χ0n) is 3.77. The van der Waals surface area contributed by atoms with Crippen LogP contribution in [0, 0.1) is 0 Å². The van der Waals surface area contributed by atoms with Gasteiger partial charge in [-0.1, -0.05) is 0 Å². The Bertz CT molecular complexity index is 80.9. The molecule has 3 heteroatoms. The minimum absolute atomic E-state index is 0.818. The van der Waals surface area contributed by atoms with Crippen molar-refractivity contribution >= 4 is 15.6 Å². The van der Waals surface area contributed by atoms with Crippen molar-refractivity contribution in [3.05, 3.63) is 0 Å². The Labute approximate surface area is 39.6 Å². The normalized spacial score (nSPS) is 20.3. The van der Waals surface area contributed by atoms with Crippen molar-refractivity contribution in [2.45, 2.75) is 6.42 Å². The summed E-state index contributed by atoms with van der Waals surface area (Å²) < 4.78 is 0. The Morgan fingerprint density at radius 3 is 2.83 bits per heavy atom. The van der Waals surface area contributed by atoms with E-state index in [1.807, 2.05) is 0 Å². The maximum absolute atomic E-state index is 4.68. The number of hydrogen-bond acceptors (Lipinski definition) is 2. The predicted octanol–water partition coefficient (Wildman–Crippen LogP) is -0.914. The van der Waals surface area contributed by atoms with Crippen LogP contribution >= 0.6 is 0 Å². The summed E-state index contributed by atoms with van der Waals surface area (Å²) in [4.78, 5) is 4.68. The Morgan fingerprint density at radius 2 is 2.67 bits per heavy atom. The molecule has 1 aliphatic rings. The first-order valence-corrected chi connectivity index (χ1v) is 3.05. The number of hydrogen-bond donors (Lipinski definition) is 0. The average molecular weight is 101 g/mol. The van der Waals surface area contributed by atoms with Crippen molar-refractivity contribution in [1.29, 1.82) is 0 Å². The lowest BCUT2D eigenvalue weighted by atomic mass is 10.5. The molecule has 0 aliphatic carbocycles. The summed E-state index contributed by atoms with van der Waals surface area (Å²) in [6, 6.07) is 0. The fourth-order valence-electron chi connectivity index (χ4n) is 0.395. The first-order chi connectivity index (χ1) is 2.89. The van der Waals surface area contributed by atoms with E-state index in [0.717, 1.165) is 23.3 Å². The molecule has 2 nitrogen and oxygen atoms in total. The fraction of sp³-hybridized carbons (Fsp3) is 0.667. The van der Waals surface area contributed by atoms with Gasteiger partial charge < -0.3 is 4.84 Å². The van der Waals surface area contributed by atoms with E-state index in [-0.39, 0.29) is 0 Å². The van der Waals surface area contributed by atoms with Crippen molar-refractivity contribution < 1.29 is 4.84 Å². The highest BCUT2D eigenvalue weighted by molar-refractivity contribution is 6.59. The lowest BCUT2D eigenvalue weighted by molar-refractivity contribution is 0.174. The molecule has 6 heavy (non-hydrogen) atoms. The van der Waals surface area contributed by atoms with Crippen molar-refractivity contribution in [3.8, 4) is 0 Å². The summed E-state index contributed by atoms with van der Waals surface area (Å²) in [5.41, 5.74) is 0. The van der Waals surface area contributed by atoms with E-state index in [1.165, 1.54) is 5.33 Å². The quantitative estimate of drug-likeness (QED) is 0.362. The van der Waals surface area contributed by atoms with Crippen LogP contribution < -0.4 is 0 Å². The average Bonchev–Trinajstić information content (AvgIpc) is 1.86. The van der Waals surface area contributed by atoms with Crippen molar-refractivity contribution in [1.82, 2.24) is 0 Å². The van der Waals surface area contributed by atoms with Crippen LogP contribution in [0.3, 0.4) is 0 Å². The van der Waals surface area contributed by atoms with Crippen LogP contribution in [0.1, 0.15) is 6.42 Å². The van der Waals surface area contributed by atoms with Crippen LogP contribution in [0.15, 0.2) is 5.16 Å². The molecule has 0 aromatic heterocycles. The molecular weight excluding hydrogens is 94.1 g/mol. The largest absolute Gasteiger partial charge is 0.396 e. The standard InChI is InChI=1S/C3H7NOSi/c6-3-1-2-5-4-3/h1-2H2,6H3. The number of oxime groups is 1. The summed E-state index contributed by atoms with van der Waals surface area (Å²) in [6.45, 7) is 0.818. The van der Waals surface area contributed by atoms with Crippen molar-refractivity contribution in [2.75, 3.05) is 6.61 Å². The minimum atomic E-state index is 0.818. The fourth-order valence-corrected chi connectivity index (χ4v) is 0.728. The zero-order chi connectivity index (χ0) is 4.41. The van der Waals surface area contributed by atoms with Gasteiger partial charge in [0, 0.05) is 11.8 Å². The van der Waals surface area contributed by atoms with Crippen molar-refractivity contribution in [3.63, 3.8) is 0 Å². The van der Waals surface area contributed by atoms with E-state index >= 15 is 0 Å². The molecule has 34 valence electrons. The summed E-state index contributed by atoms with van der Waals surface area (Å²) >= 11 is 0. The minimum Gasteiger partial charge on any atom is -0.396 e. The molecule has 1 aliphatic heterocycles. The van der Waals surface area contributed by atoms with Crippen LogP contribution in [0.25, 0.3) is 0 Å². The molecule has 0 aromatic carbocycles. The molecule has 0 amide bonds. The van der Waals surface area contributed by atoms with Gasteiger partial charge in [-0.25, -0.2) is 0 Å². The van der Waals surface area contributed by atoms with E-state index in [0.29, 0.717) is 0 Å². The smallest absolute Gasteiger partial charge is 0.122 e. The van der Waals surface area contributed by atoms with Gasteiger partial charge in [0.2, 0.25) is 0 Å². The van der Waals surface area contributed by atoms with Gasteiger partial charge in [-0.05, 0) is 0 Å². The van der Waals surface area contributed by atoms with Gasteiger partial charge in [0.15, 0.2) is 0 Å². The van der Waals surface area contributed by atoms with Gasteiger partial charge in [-0.3, -0.25) is 0 Å². The van der Waals surface area contributed by atoms with Crippen LogP contribution in [-0.2, 0) is 4.84 Å². The van der Waals surface area contributed by atoms with Crippen LogP contribution in [0.5, 0.6) is 0 Å². The summed E-state index contributed by atoms with van der Waals surface area (Å²) in [5.74, 6) is 0. The van der Waals surface area contributed by atoms with Gasteiger partial charge >= 0.3 is 0 Å². The van der Waals surface area contributed by atoms with Crippen LogP contribution in [-0.4, -0.2) is 22.2 Å². The van der Waals surface area contributed by atoms with E-state index < -0.39 is 0 Å². The third kappa shape index (κ3) is 0.595. The van der Waals surface area contributed by atoms with Gasteiger partial charge in [-0.2, -0.15) is 0 Å². The summed E-state index contributed by atoms with van der Waals surface area (Å²) in [5, 5.41) is 4.96. The maximum atomic E-state index is 4.68. The van der Waals surface area contributed by atoms with Gasteiger partial charge in [-0.15, -0.1) is 5.16 Å². The topological polar surface area (TPSA) is 21.6 Å². The molecule has 0 unspecified atom stereocenters. The Hall–Kier alpha value is -0.313. The molecule has 0 fully saturated rings. The molecule has 1 heterocycles. The monoisotopic (exact) mass is 101 g/mol. The molecule has 0 bridgehead atoms. The maximum Gasteiger partial charge on any atom is 0.122 e. The molecular formula is C3H7NOSi. The Morgan fingerprint density at radius 1 is 1.83 bits per heavy atom. The van der Waals surface area contributed by atoms with E-state index in [4.69, 9.17) is 0 Å². The Balaban J connectivity index is 2.45. The zero-order valence-corrected chi connectivity index (χ0v) is 5.77. The second-order valence-electron chi connectivity index (χ2n) is 1.41. The second kappa shape index (κ2) is 1.42. The third-order valence-corrected chi connectivity index (χ3v) is 1.46. The van der Waals surface area contributed by atoms with Gasteiger partial charge in [0.05, 0.1) is 10.2 Å².